The van der Waals surface area contributed by atoms with E-state index >= 15 is 0 Å². The van der Waals surface area contributed by atoms with Crippen LogP contribution in [0.25, 0.3) is 0 Å². The molecule has 2 atom stereocenters. The maximum absolute atomic E-state index is 6.75. The van der Waals surface area contributed by atoms with Gasteiger partial charge in [0.25, 0.3) is 0 Å². The summed E-state index contributed by atoms with van der Waals surface area (Å²) in [4.78, 5) is 0. The lowest BCUT2D eigenvalue weighted by atomic mass is 9.75. The van der Waals surface area contributed by atoms with Crippen molar-refractivity contribution in [3.63, 3.8) is 0 Å². The van der Waals surface area contributed by atoms with E-state index in [0.29, 0.717) is 0 Å². The fourth-order valence-corrected chi connectivity index (χ4v) is 4.39. The van der Waals surface area contributed by atoms with E-state index in [2.05, 4.69) is 12.2 Å². The fourth-order valence-electron chi connectivity index (χ4n) is 4.39. The molecule has 3 rings (SSSR count). The van der Waals surface area contributed by atoms with Crippen LogP contribution in [0.5, 0.6) is 0 Å². The van der Waals surface area contributed by atoms with Gasteiger partial charge in [-0.2, -0.15) is 0 Å². The summed E-state index contributed by atoms with van der Waals surface area (Å²) in [5, 5.41) is 3.70. The van der Waals surface area contributed by atoms with Crippen molar-refractivity contribution in [2.24, 2.45) is 5.92 Å². The van der Waals surface area contributed by atoms with Gasteiger partial charge >= 0.3 is 0 Å². The molecular weight excluding hydrogens is 210 g/mol. The van der Waals surface area contributed by atoms with E-state index in [-0.39, 0.29) is 11.2 Å². The highest BCUT2D eigenvalue weighted by atomic mass is 16.5. The fraction of sp³-hybridized carbons (Fsp3) is 1.00. The molecule has 2 spiro atoms. The molecule has 1 heterocycles. The Morgan fingerprint density at radius 3 is 2.41 bits per heavy atom. The smallest absolute Gasteiger partial charge is 0.0817 e. The highest BCUT2D eigenvalue weighted by Crippen LogP contribution is 2.43. The summed E-state index contributed by atoms with van der Waals surface area (Å²) in [6, 6.07) is 0. The normalized spacial score (nSPS) is 41.8. The molecule has 2 unspecified atom stereocenters. The van der Waals surface area contributed by atoms with Crippen molar-refractivity contribution in [2.45, 2.75) is 75.9 Å². The second kappa shape index (κ2) is 4.55. The first-order valence-electron chi connectivity index (χ1n) is 7.63. The molecule has 0 aromatic rings. The van der Waals surface area contributed by atoms with Crippen molar-refractivity contribution < 1.29 is 4.74 Å². The molecule has 2 heteroatoms. The topological polar surface area (TPSA) is 21.3 Å². The lowest BCUT2D eigenvalue weighted by Gasteiger charge is -2.53. The quantitative estimate of drug-likeness (QED) is 0.698. The van der Waals surface area contributed by atoms with Gasteiger partial charge < -0.3 is 10.1 Å². The molecule has 3 fully saturated rings. The van der Waals surface area contributed by atoms with Crippen molar-refractivity contribution in [1.82, 2.24) is 5.32 Å². The predicted molar refractivity (Wildman–Crippen MR) is 70.1 cm³/mol. The van der Waals surface area contributed by atoms with Crippen molar-refractivity contribution in [2.75, 3.05) is 13.1 Å². The number of hydrogen-bond acceptors (Lipinski definition) is 2. The number of hydrogen-bond donors (Lipinski definition) is 1. The number of ether oxygens (including phenoxy) is 1. The van der Waals surface area contributed by atoms with Crippen LogP contribution in [0.3, 0.4) is 0 Å². The number of rotatable bonds is 0. The maximum Gasteiger partial charge on any atom is 0.0817 e. The van der Waals surface area contributed by atoms with Crippen LogP contribution in [-0.4, -0.2) is 24.3 Å². The van der Waals surface area contributed by atoms with E-state index in [1.165, 1.54) is 57.8 Å². The average Bonchev–Trinajstić information content (AvgIpc) is 2.29. The SMILES string of the molecule is CC1CCCC2(CNCC3(CCCCC3)O2)C1. The van der Waals surface area contributed by atoms with Crippen molar-refractivity contribution in [3.05, 3.63) is 0 Å². The minimum Gasteiger partial charge on any atom is -0.366 e. The molecule has 1 aliphatic heterocycles. The first-order valence-corrected chi connectivity index (χ1v) is 7.63. The van der Waals surface area contributed by atoms with E-state index in [9.17, 15) is 0 Å². The van der Waals surface area contributed by atoms with Crippen molar-refractivity contribution in [1.29, 1.82) is 0 Å². The Morgan fingerprint density at radius 1 is 0.941 bits per heavy atom. The van der Waals surface area contributed by atoms with Gasteiger partial charge in [0.15, 0.2) is 0 Å². The average molecular weight is 237 g/mol. The highest BCUT2D eigenvalue weighted by Gasteiger charge is 2.47. The van der Waals surface area contributed by atoms with Crippen LogP contribution in [0.15, 0.2) is 0 Å². The molecule has 17 heavy (non-hydrogen) atoms. The predicted octanol–water partition coefficient (Wildman–Crippen LogP) is 3.26. The molecule has 0 aromatic carbocycles. The third-order valence-electron chi connectivity index (χ3n) is 5.14. The molecule has 1 saturated heterocycles. The summed E-state index contributed by atoms with van der Waals surface area (Å²) >= 11 is 0. The molecule has 3 aliphatic rings. The van der Waals surface area contributed by atoms with E-state index in [4.69, 9.17) is 4.74 Å². The number of nitrogens with one attached hydrogen (secondary N) is 1. The van der Waals surface area contributed by atoms with E-state index < -0.39 is 0 Å². The van der Waals surface area contributed by atoms with Crippen LogP contribution >= 0.6 is 0 Å². The van der Waals surface area contributed by atoms with Gasteiger partial charge in [-0.05, 0) is 31.6 Å². The molecular formula is C15H27NO. The largest absolute Gasteiger partial charge is 0.366 e. The zero-order valence-corrected chi connectivity index (χ0v) is 11.3. The van der Waals surface area contributed by atoms with E-state index in [1.54, 1.807) is 0 Å². The van der Waals surface area contributed by atoms with Crippen molar-refractivity contribution in [3.8, 4) is 0 Å². The van der Waals surface area contributed by atoms with Crippen molar-refractivity contribution >= 4 is 0 Å². The summed E-state index contributed by atoms with van der Waals surface area (Å²) in [6.45, 7) is 4.59. The van der Waals surface area contributed by atoms with Gasteiger partial charge in [0.2, 0.25) is 0 Å². The monoisotopic (exact) mass is 237 g/mol. The molecule has 0 aromatic heterocycles. The molecule has 0 bridgehead atoms. The van der Waals surface area contributed by atoms with Gasteiger partial charge in [0, 0.05) is 13.1 Å². The van der Waals surface area contributed by atoms with Crippen LogP contribution in [0.1, 0.15) is 64.7 Å². The zero-order chi connectivity index (χ0) is 11.8. The number of morpholine rings is 1. The van der Waals surface area contributed by atoms with Gasteiger partial charge in [-0.25, -0.2) is 0 Å². The Morgan fingerprint density at radius 2 is 1.65 bits per heavy atom. The summed E-state index contributed by atoms with van der Waals surface area (Å²) in [7, 11) is 0. The van der Waals surface area contributed by atoms with E-state index in [0.717, 1.165) is 19.0 Å². The van der Waals surface area contributed by atoms with Crippen LogP contribution in [0.4, 0.5) is 0 Å². The van der Waals surface area contributed by atoms with Gasteiger partial charge in [-0.15, -0.1) is 0 Å². The Hall–Kier alpha value is -0.0800. The summed E-state index contributed by atoms with van der Waals surface area (Å²) in [6.07, 6.45) is 12.0. The second-order valence-corrected chi connectivity index (χ2v) is 6.83. The van der Waals surface area contributed by atoms with Gasteiger partial charge in [-0.1, -0.05) is 39.0 Å². The van der Waals surface area contributed by atoms with Crippen LogP contribution in [0, 0.1) is 5.92 Å². The first-order chi connectivity index (χ1) is 8.22. The molecule has 0 radical (unpaired) electrons. The van der Waals surface area contributed by atoms with Gasteiger partial charge in [0.05, 0.1) is 11.2 Å². The molecule has 2 saturated carbocycles. The minimum absolute atomic E-state index is 0.188. The molecule has 0 amide bonds. The molecule has 2 nitrogen and oxygen atoms in total. The van der Waals surface area contributed by atoms with Crippen LogP contribution in [0.2, 0.25) is 0 Å². The standard InChI is InChI=1S/C15H27NO/c1-13-6-5-9-15(10-13)12-16-11-14(17-15)7-3-2-4-8-14/h13,16H,2-12H2,1H3. The first kappa shape index (κ1) is 12.0. The molecule has 98 valence electrons. The summed E-state index contributed by atoms with van der Waals surface area (Å²) in [5.74, 6) is 0.851. The molecule has 2 aliphatic carbocycles. The van der Waals surface area contributed by atoms with E-state index in [1.807, 2.05) is 0 Å². The Bertz CT molecular complexity index is 263. The lowest BCUT2D eigenvalue weighted by molar-refractivity contribution is -0.207. The van der Waals surface area contributed by atoms with Gasteiger partial charge in [-0.3, -0.25) is 0 Å². The third-order valence-corrected chi connectivity index (χ3v) is 5.14. The highest BCUT2D eigenvalue weighted by molar-refractivity contribution is 5.00. The maximum atomic E-state index is 6.75. The Labute approximate surface area is 105 Å². The zero-order valence-electron chi connectivity index (χ0n) is 11.3. The Kier molecular flexibility index (Phi) is 3.20. The third kappa shape index (κ3) is 2.39. The minimum atomic E-state index is 0.188. The van der Waals surface area contributed by atoms with Crippen LogP contribution < -0.4 is 5.32 Å². The second-order valence-electron chi connectivity index (χ2n) is 6.83. The summed E-state index contributed by atoms with van der Waals surface area (Å²) in [5.41, 5.74) is 0.390. The summed E-state index contributed by atoms with van der Waals surface area (Å²) < 4.78 is 6.75. The van der Waals surface area contributed by atoms with Gasteiger partial charge in [0.1, 0.15) is 0 Å². The Balaban J connectivity index is 1.73. The molecule has 1 N–H and O–H groups in total. The lowest BCUT2D eigenvalue weighted by Crippen LogP contribution is -2.62. The van der Waals surface area contributed by atoms with Crippen LogP contribution in [-0.2, 0) is 4.74 Å².